The summed E-state index contributed by atoms with van der Waals surface area (Å²) in [6.45, 7) is 2.30. The second-order valence-electron chi connectivity index (χ2n) is 4.04. The van der Waals surface area contributed by atoms with Gasteiger partial charge in [-0.3, -0.25) is 4.98 Å². The Morgan fingerprint density at radius 2 is 2.00 bits per heavy atom. The van der Waals surface area contributed by atoms with E-state index < -0.39 is 5.82 Å². The molecular weight excluding hydrogens is 261 g/mol. The van der Waals surface area contributed by atoms with Crippen LogP contribution in [-0.2, 0) is 11.3 Å². The zero-order valence-corrected chi connectivity index (χ0v) is 11.0. The zero-order valence-electron chi connectivity index (χ0n) is 11.0. The van der Waals surface area contributed by atoms with Gasteiger partial charge in [-0.2, -0.15) is 0 Å². The highest BCUT2D eigenvalue weighted by molar-refractivity contribution is 5.89. The van der Waals surface area contributed by atoms with Gasteiger partial charge in [0.2, 0.25) is 0 Å². The lowest BCUT2D eigenvalue weighted by molar-refractivity contribution is 0.0526. The van der Waals surface area contributed by atoms with Crippen LogP contribution in [0.2, 0.25) is 0 Å². The van der Waals surface area contributed by atoms with E-state index in [1.807, 2.05) is 0 Å². The molecule has 20 heavy (non-hydrogen) atoms. The molecule has 0 unspecified atom stereocenters. The second kappa shape index (κ2) is 6.65. The van der Waals surface area contributed by atoms with Crippen molar-refractivity contribution in [2.24, 2.45) is 0 Å². The summed E-state index contributed by atoms with van der Waals surface area (Å²) in [6, 6.07) is 7.94. The first-order chi connectivity index (χ1) is 9.69. The topological polar surface area (TPSA) is 48.4 Å². The Hall–Kier alpha value is -2.43. The molecule has 2 rings (SSSR count). The Morgan fingerprint density at radius 1 is 1.25 bits per heavy atom. The van der Waals surface area contributed by atoms with Gasteiger partial charge in [-0.25, -0.2) is 9.18 Å². The molecule has 0 saturated carbocycles. The van der Waals surface area contributed by atoms with Crippen LogP contribution >= 0.6 is 0 Å². The molecule has 0 bridgehead atoms. The number of rotatable bonds is 5. The fourth-order valence-corrected chi connectivity index (χ4v) is 1.60. The molecule has 1 aromatic heterocycles. The minimum Gasteiger partial charge on any atom is -0.489 e. The van der Waals surface area contributed by atoms with Gasteiger partial charge < -0.3 is 9.47 Å². The fourth-order valence-electron chi connectivity index (χ4n) is 1.60. The second-order valence-corrected chi connectivity index (χ2v) is 4.04. The molecule has 0 spiro atoms. The summed E-state index contributed by atoms with van der Waals surface area (Å²) in [5, 5.41) is 0. The van der Waals surface area contributed by atoms with Gasteiger partial charge in [0.25, 0.3) is 0 Å². The zero-order chi connectivity index (χ0) is 14.4. The highest BCUT2D eigenvalue weighted by Crippen LogP contribution is 2.15. The number of pyridine rings is 1. The van der Waals surface area contributed by atoms with Gasteiger partial charge in [0.1, 0.15) is 18.2 Å². The molecule has 104 valence electrons. The number of esters is 1. The van der Waals surface area contributed by atoms with E-state index in [1.165, 1.54) is 12.3 Å². The van der Waals surface area contributed by atoms with E-state index in [-0.39, 0.29) is 12.6 Å². The van der Waals surface area contributed by atoms with Crippen LogP contribution in [-0.4, -0.2) is 17.6 Å². The molecule has 2 aromatic rings. The number of carbonyl (C=O) groups excluding carboxylic acids is 1. The van der Waals surface area contributed by atoms with Crippen molar-refractivity contribution in [1.29, 1.82) is 0 Å². The molecule has 0 radical (unpaired) electrons. The molecule has 1 heterocycles. The van der Waals surface area contributed by atoms with Gasteiger partial charge in [0.15, 0.2) is 0 Å². The highest BCUT2D eigenvalue weighted by atomic mass is 19.1. The average Bonchev–Trinajstić information content (AvgIpc) is 2.46. The van der Waals surface area contributed by atoms with Gasteiger partial charge in [-0.15, -0.1) is 0 Å². The van der Waals surface area contributed by atoms with E-state index >= 15 is 0 Å². The van der Waals surface area contributed by atoms with Crippen LogP contribution in [0.5, 0.6) is 5.75 Å². The van der Waals surface area contributed by atoms with Crippen LogP contribution in [0.15, 0.2) is 42.7 Å². The Kier molecular flexibility index (Phi) is 4.65. The molecular formula is C15H14FNO3. The molecule has 0 atom stereocenters. The molecule has 0 saturated heterocycles. The van der Waals surface area contributed by atoms with Crippen molar-refractivity contribution in [2.45, 2.75) is 13.5 Å². The minimum absolute atomic E-state index is 0.212. The molecule has 0 fully saturated rings. The van der Waals surface area contributed by atoms with E-state index in [4.69, 9.17) is 9.47 Å². The highest BCUT2D eigenvalue weighted by Gasteiger charge is 2.06. The van der Waals surface area contributed by atoms with Crippen LogP contribution in [0.1, 0.15) is 22.8 Å². The van der Waals surface area contributed by atoms with Crippen LogP contribution in [0, 0.1) is 5.82 Å². The van der Waals surface area contributed by atoms with Crippen molar-refractivity contribution >= 4 is 5.97 Å². The monoisotopic (exact) mass is 275 g/mol. The van der Waals surface area contributed by atoms with E-state index in [9.17, 15) is 9.18 Å². The third-order valence-corrected chi connectivity index (χ3v) is 2.53. The summed E-state index contributed by atoms with van der Waals surface area (Å²) in [6.07, 6.45) is 2.67. The lowest BCUT2D eigenvalue weighted by atomic mass is 10.2. The predicted molar refractivity (Wildman–Crippen MR) is 70.9 cm³/mol. The number of carbonyl (C=O) groups is 1. The maximum absolute atomic E-state index is 12.9. The Bertz CT molecular complexity index is 584. The summed E-state index contributed by atoms with van der Waals surface area (Å²) in [5.74, 6) is -0.181. The lowest BCUT2D eigenvalue weighted by Crippen LogP contribution is -2.04. The summed E-state index contributed by atoms with van der Waals surface area (Å²) in [5.41, 5.74) is 1.10. The number of nitrogens with zero attached hydrogens (tertiary/aromatic N) is 1. The van der Waals surface area contributed by atoms with Crippen LogP contribution in [0.3, 0.4) is 0 Å². The summed E-state index contributed by atoms with van der Waals surface area (Å²) < 4.78 is 23.3. The van der Waals surface area contributed by atoms with Crippen molar-refractivity contribution < 1.29 is 18.7 Å². The number of hydrogen-bond donors (Lipinski definition) is 0. The van der Waals surface area contributed by atoms with E-state index in [0.717, 1.165) is 6.20 Å². The normalized spacial score (nSPS) is 10.1. The molecule has 1 aromatic carbocycles. The molecule has 5 heteroatoms. The first-order valence-corrected chi connectivity index (χ1v) is 6.18. The number of ether oxygens (including phenoxy) is 2. The molecule has 0 amide bonds. The summed E-state index contributed by atoms with van der Waals surface area (Å²) >= 11 is 0. The van der Waals surface area contributed by atoms with Crippen molar-refractivity contribution in [1.82, 2.24) is 4.98 Å². The number of hydrogen-bond acceptors (Lipinski definition) is 4. The predicted octanol–water partition coefficient (Wildman–Crippen LogP) is 2.98. The number of halogens is 1. The van der Waals surface area contributed by atoms with Gasteiger partial charge >= 0.3 is 5.97 Å². The van der Waals surface area contributed by atoms with Crippen molar-refractivity contribution in [3.63, 3.8) is 0 Å². The van der Waals surface area contributed by atoms with Crippen molar-refractivity contribution in [2.75, 3.05) is 6.61 Å². The molecule has 0 N–H and O–H groups in total. The first-order valence-electron chi connectivity index (χ1n) is 6.18. The van der Waals surface area contributed by atoms with Crippen LogP contribution in [0.25, 0.3) is 0 Å². The molecule has 0 aliphatic carbocycles. The largest absolute Gasteiger partial charge is 0.489 e. The summed E-state index contributed by atoms with van der Waals surface area (Å²) in [4.78, 5) is 15.2. The van der Waals surface area contributed by atoms with E-state index in [0.29, 0.717) is 23.5 Å². The quantitative estimate of drug-likeness (QED) is 0.787. The first kappa shape index (κ1) is 14.0. The fraction of sp³-hybridized carbons (Fsp3) is 0.200. The molecule has 4 nitrogen and oxygen atoms in total. The number of aromatic nitrogens is 1. The average molecular weight is 275 g/mol. The van der Waals surface area contributed by atoms with Gasteiger partial charge in [-0.05, 0) is 37.3 Å². The van der Waals surface area contributed by atoms with Crippen LogP contribution in [0.4, 0.5) is 4.39 Å². The maximum Gasteiger partial charge on any atom is 0.338 e. The SMILES string of the molecule is CCOC(=O)c1ccc(OCc2cncc(F)c2)cc1. The lowest BCUT2D eigenvalue weighted by Gasteiger charge is -2.07. The third kappa shape index (κ3) is 3.78. The summed E-state index contributed by atoms with van der Waals surface area (Å²) in [7, 11) is 0. The molecule has 0 aliphatic rings. The Morgan fingerprint density at radius 3 is 2.65 bits per heavy atom. The van der Waals surface area contributed by atoms with Gasteiger partial charge in [0.05, 0.1) is 18.4 Å². The van der Waals surface area contributed by atoms with Gasteiger partial charge in [0, 0.05) is 11.8 Å². The smallest absolute Gasteiger partial charge is 0.338 e. The number of benzene rings is 1. The standard InChI is InChI=1S/C15H14FNO3/c1-2-19-15(18)12-3-5-14(6-4-12)20-10-11-7-13(16)9-17-8-11/h3-9H,2,10H2,1H3. The maximum atomic E-state index is 12.9. The van der Waals surface area contributed by atoms with E-state index in [2.05, 4.69) is 4.98 Å². The Labute approximate surface area is 116 Å². The van der Waals surface area contributed by atoms with Crippen LogP contribution < -0.4 is 4.74 Å². The minimum atomic E-state index is -0.399. The molecule has 0 aliphatic heterocycles. The van der Waals surface area contributed by atoms with Crippen molar-refractivity contribution in [3.8, 4) is 5.75 Å². The van der Waals surface area contributed by atoms with Crippen molar-refractivity contribution in [3.05, 3.63) is 59.7 Å². The van der Waals surface area contributed by atoms with E-state index in [1.54, 1.807) is 31.2 Å². The van der Waals surface area contributed by atoms with Gasteiger partial charge in [-0.1, -0.05) is 0 Å². The third-order valence-electron chi connectivity index (χ3n) is 2.53. The Balaban J connectivity index is 1.95.